The second kappa shape index (κ2) is 8.88. The van der Waals surface area contributed by atoms with Crippen molar-refractivity contribution in [2.75, 3.05) is 23.3 Å². The first-order valence-corrected chi connectivity index (χ1v) is 11.6. The van der Waals surface area contributed by atoms with Crippen LogP contribution in [0.2, 0.25) is 0 Å². The van der Waals surface area contributed by atoms with Gasteiger partial charge in [-0.15, -0.1) is 0 Å². The molecule has 0 saturated carbocycles. The Morgan fingerprint density at radius 1 is 1.09 bits per heavy atom. The highest BCUT2D eigenvalue weighted by Gasteiger charge is 2.24. The van der Waals surface area contributed by atoms with Crippen LogP contribution < -0.4 is 19.1 Å². The molecular weight excluding hydrogens is 430 g/mol. The van der Waals surface area contributed by atoms with Gasteiger partial charge in [0.15, 0.2) is 0 Å². The van der Waals surface area contributed by atoms with Crippen LogP contribution in [0.4, 0.5) is 11.4 Å². The first-order chi connectivity index (χ1) is 15.4. The number of amides is 1. The maximum Gasteiger partial charge on any atom is 0.262 e. The quantitative estimate of drug-likeness (QED) is 0.606. The van der Waals surface area contributed by atoms with E-state index in [1.807, 2.05) is 0 Å². The number of benzene rings is 2. The number of carbonyl (C=O) groups excluding carboxylic acids is 1. The van der Waals surface area contributed by atoms with Crippen LogP contribution >= 0.6 is 0 Å². The Bertz CT molecular complexity index is 1240. The highest BCUT2D eigenvalue weighted by Crippen LogP contribution is 2.32. The normalized spacial score (nSPS) is 13.2. The van der Waals surface area contributed by atoms with Crippen LogP contribution in [-0.2, 0) is 21.2 Å². The summed E-state index contributed by atoms with van der Waals surface area (Å²) in [6.45, 7) is 2.14. The number of pyridine rings is 1. The van der Waals surface area contributed by atoms with Crippen LogP contribution in [0.25, 0.3) is 0 Å². The number of aromatic nitrogens is 1. The van der Waals surface area contributed by atoms with E-state index in [2.05, 4.69) is 9.71 Å². The van der Waals surface area contributed by atoms with E-state index in [0.717, 1.165) is 17.7 Å². The van der Waals surface area contributed by atoms with Gasteiger partial charge in [0, 0.05) is 25.4 Å². The van der Waals surface area contributed by atoms with Crippen molar-refractivity contribution in [3.63, 3.8) is 0 Å². The Morgan fingerprint density at radius 2 is 1.84 bits per heavy atom. The zero-order chi connectivity index (χ0) is 22.7. The minimum atomic E-state index is -3.90. The summed E-state index contributed by atoms with van der Waals surface area (Å²) in [7, 11) is -2.33. The third-order valence-corrected chi connectivity index (χ3v) is 6.51. The third kappa shape index (κ3) is 4.52. The van der Waals surface area contributed by atoms with Gasteiger partial charge in [0.05, 0.1) is 12.0 Å². The van der Waals surface area contributed by atoms with E-state index in [4.69, 9.17) is 9.47 Å². The first-order valence-electron chi connectivity index (χ1n) is 10.1. The number of fused-ring (bicyclic) bond motifs is 1. The van der Waals surface area contributed by atoms with Crippen molar-refractivity contribution in [2.24, 2.45) is 0 Å². The lowest BCUT2D eigenvalue weighted by molar-refractivity contribution is -0.116. The van der Waals surface area contributed by atoms with Gasteiger partial charge in [-0.05, 0) is 73.0 Å². The van der Waals surface area contributed by atoms with Crippen molar-refractivity contribution < 1.29 is 22.7 Å². The van der Waals surface area contributed by atoms with E-state index in [0.29, 0.717) is 24.5 Å². The average molecular weight is 454 g/mol. The molecule has 2 aromatic carbocycles. The number of methoxy groups -OCH3 is 1. The van der Waals surface area contributed by atoms with Crippen molar-refractivity contribution >= 4 is 27.3 Å². The summed E-state index contributed by atoms with van der Waals surface area (Å²) in [6, 6.07) is 14.9. The molecule has 0 fully saturated rings. The first kappa shape index (κ1) is 21.6. The third-order valence-electron chi connectivity index (χ3n) is 5.15. The number of nitrogens with zero attached hydrogens (tertiary/aromatic N) is 2. The Kier molecular flexibility index (Phi) is 6.00. The maximum absolute atomic E-state index is 13.1. The van der Waals surface area contributed by atoms with Crippen molar-refractivity contribution in [1.29, 1.82) is 0 Å². The van der Waals surface area contributed by atoms with Gasteiger partial charge < -0.3 is 14.4 Å². The van der Waals surface area contributed by atoms with Crippen LogP contribution in [0.3, 0.4) is 0 Å². The van der Waals surface area contributed by atoms with E-state index < -0.39 is 10.0 Å². The summed E-state index contributed by atoms with van der Waals surface area (Å²) in [5.74, 6) is 1.23. The number of aryl methyl sites for hydroxylation is 1. The average Bonchev–Trinajstić information content (AvgIpc) is 2.80. The molecule has 1 aliphatic heterocycles. The van der Waals surface area contributed by atoms with Crippen LogP contribution in [0.1, 0.15) is 18.9 Å². The molecule has 1 N–H and O–H groups in total. The molecule has 0 radical (unpaired) electrons. The Labute approximate surface area is 186 Å². The number of hydrogen-bond acceptors (Lipinski definition) is 6. The van der Waals surface area contributed by atoms with Gasteiger partial charge in [-0.1, -0.05) is 0 Å². The lowest BCUT2D eigenvalue weighted by atomic mass is 10.0. The molecule has 166 valence electrons. The molecule has 8 nitrogen and oxygen atoms in total. The molecule has 1 aromatic heterocycles. The van der Waals surface area contributed by atoms with Gasteiger partial charge in [-0.3, -0.25) is 9.52 Å². The molecular formula is C23H23N3O5S. The predicted molar refractivity (Wildman–Crippen MR) is 121 cm³/mol. The van der Waals surface area contributed by atoms with Crippen molar-refractivity contribution in [3.8, 4) is 17.4 Å². The summed E-state index contributed by atoms with van der Waals surface area (Å²) in [4.78, 5) is 17.8. The fourth-order valence-corrected chi connectivity index (χ4v) is 4.68. The number of carbonyl (C=O) groups is 1. The topological polar surface area (TPSA) is 97.8 Å². The van der Waals surface area contributed by atoms with Crippen LogP contribution in [0.5, 0.6) is 17.4 Å². The number of hydrogen-bond donors (Lipinski definition) is 1. The molecule has 0 atom stereocenters. The number of sulfonamides is 1. The van der Waals surface area contributed by atoms with Crippen molar-refractivity contribution in [3.05, 3.63) is 66.4 Å². The van der Waals surface area contributed by atoms with Gasteiger partial charge in [0.2, 0.25) is 11.8 Å². The van der Waals surface area contributed by atoms with Crippen molar-refractivity contribution in [1.82, 2.24) is 4.98 Å². The van der Waals surface area contributed by atoms with E-state index in [9.17, 15) is 13.2 Å². The summed E-state index contributed by atoms with van der Waals surface area (Å²) in [6.07, 6.45) is 3.01. The number of nitrogens with one attached hydrogen (secondary N) is 1. The Hall–Kier alpha value is -3.59. The molecule has 0 aliphatic carbocycles. The zero-order valence-electron chi connectivity index (χ0n) is 17.7. The summed E-state index contributed by atoms with van der Waals surface area (Å²) in [5.41, 5.74) is 1.80. The van der Waals surface area contributed by atoms with Gasteiger partial charge >= 0.3 is 0 Å². The van der Waals surface area contributed by atoms with Gasteiger partial charge in [-0.2, -0.15) is 0 Å². The highest BCUT2D eigenvalue weighted by molar-refractivity contribution is 7.92. The monoisotopic (exact) mass is 453 g/mol. The van der Waals surface area contributed by atoms with E-state index in [1.165, 1.54) is 19.2 Å². The van der Waals surface area contributed by atoms with Crippen LogP contribution in [0.15, 0.2) is 65.7 Å². The molecule has 3 aromatic rings. The molecule has 4 rings (SSSR count). The molecule has 9 heteroatoms. The lowest BCUT2D eigenvalue weighted by Gasteiger charge is -2.28. The number of rotatable bonds is 6. The second-order valence-electron chi connectivity index (χ2n) is 7.30. The second-order valence-corrected chi connectivity index (χ2v) is 8.99. The van der Waals surface area contributed by atoms with Crippen LogP contribution in [0, 0.1) is 0 Å². The van der Waals surface area contributed by atoms with E-state index in [1.54, 1.807) is 60.5 Å². The van der Waals surface area contributed by atoms with E-state index >= 15 is 0 Å². The fraction of sp³-hybridized carbons (Fsp3) is 0.217. The van der Waals surface area contributed by atoms with Gasteiger partial charge in [0.25, 0.3) is 10.0 Å². The molecule has 32 heavy (non-hydrogen) atoms. The smallest absolute Gasteiger partial charge is 0.262 e. The standard InChI is InChI=1S/C23H23N3O5S/c1-16(27)26-14-4-5-17-15-20(11-12-22(17)26)32(28,29)25-21-6-3-13-24-23(21)31-19-9-7-18(30-2)8-10-19/h3,6-13,15,25H,4-5,14H2,1-2H3. The van der Waals surface area contributed by atoms with Crippen LogP contribution in [-0.4, -0.2) is 33.0 Å². The minimum absolute atomic E-state index is 0.0598. The zero-order valence-corrected chi connectivity index (χ0v) is 18.6. The molecule has 0 spiro atoms. The Morgan fingerprint density at radius 3 is 2.56 bits per heavy atom. The molecule has 0 bridgehead atoms. The number of ether oxygens (including phenoxy) is 2. The van der Waals surface area contributed by atoms with E-state index in [-0.39, 0.29) is 22.4 Å². The molecule has 1 aliphatic rings. The predicted octanol–water partition coefficient (Wildman–Crippen LogP) is 3.98. The largest absolute Gasteiger partial charge is 0.497 e. The highest BCUT2D eigenvalue weighted by atomic mass is 32.2. The SMILES string of the molecule is COc1ccc(Oc2ncccc2NS(=O)(=O)c2ccc3c(c2)CCCN3C(C)=O)cc1. The molecule has 2 heterocycles. The Balaban J connectivity index is 1.59. The molecule has 1 amide bonds. The lowest BCUT2D eigenvalue weighted by Crippen LogP contribution is -2.33. The maximum atomic E-state index is 13.1. The minimum Gasteiger partial charge on any atom is -0.497 e. The van der Waals surface area contributed by atoms with Gasteiger partial charge in [0.1, 0.15) is 17.2 Å². The van der Waals surface area contributed by atoms with Gasteiger partial charge in [-0.25, -0.2) is 13.4 Å². The molecule has 0 unspecified atom stereocenters. The number of anilines is 2. The summed E-state index contributed by atoms with van der Waals surface area (Å²) < 4.78 is 39.7. The van der Waals surface area contributed by atoms with Crippen molar-refractivity contribution in [2.45, 2.75) is 24.7 Å². The fourth-order valence-electron chi connectivity index (χ4n) is 3.58. The summed E-state index contributed by atoms with van der Waals surface area (Å²) in [5, 5.41) is 0. The molecule has 0 saturated heterocycles. The summed E-state index contributed by atoms with van der Waals surface area (Å²) >= 11 is 0.